The summed E-state index contributed by atoms with van der Waals surface area (Å²) in [6.45, 7) is 4.64. The third-order valence-electron chi connectivity index (χ3n) is 4.61. The van der Waals surface area contributed by atoms with E-state index in [4.69, 9.17) is 4.42 Å². The van der Waals surface area contributed by atoms with Gasteiger partial charge in [0.25, 0.3) is 0 Å². The van der Waals surface area contributed by atoms with Crippen LogP contribution in [-0.4, -0.2) is 29.0 Å². The standard InChI is InChI=1S/C18H20N2OS/c1-13-4-3-9-20(13)10-7-14-12-16-15(18-19-8-11-22-18)5-2-6-17(16)21-14/h2,5-6,8,11-13H,3-4,7,9-10H2,1H3/t13-/m1/s1. The van der Waals surface area contributed by atoms with Crippen LogP contribution in [0.15, 0.2) is 40.3 Å². The van der Waals surface area contributed by atoms with Crippen LogP contribution < -0.4 is 0 Å². The molecule has 0 unspecified atom stereocenters. The summed E-state index contributed by atoms with van der Waals surface area (Å²) < 4.78 is 6.05. The zero-order chi connectivity index (χ0) is 14.9. The number of fused-ring (bicyclic) bond motifs is 1. The first-order valence-corrected chi connectivity index (χ1v) is 8.84. The number of benzene rings is 1. The molecule has 0 radical (unpaired) electrons. The van der Waals surface area contributed by atoms with E-state index in [1.165, 1.54) is 30.3 Å². The monoisotopic (exact) mass is 312 g/mol. The number of furan rings is 1. The van der Waals surface area contributed by atoms with Gasteiger partial charge in [0, 0.05) is 41.5 Å². The zero-order valence-electron chi connectivity index (χ0n) is 12.8. The van der Waals surface area contributed by atoms with Gasteiger partial charge in [-0.1, -0.05) is 12.1 Å². The van der Waals surface area contributed by atoms with Crippen LogP contribution in [0.25, 0.3) is 21.5 Å². The quantitative estimate of drug-likeness (QED) is 0.706. The van der Waals surface area contributed by atoms with Crippen LogP contribution in [-0.2, 0) is 6.42 Å². The fourth-order valence-corrected chi connectivity index (χ4v) is 4.04. The molecule has 0 saturated carbocycles. The summed E-state index contributed by atoms with van der Waals surface area (Å²) in [6, 6.07) is 9.15. The molecule has 4 rings (SSSR count). The van der Waals surface area contributed by atoms with Crippen molar-refractivity contribution in [3.05, 3.63) is 41.6 Å². The lowest BCUT2D eigenvalue weighted by Crippen LogP contribution is -2.28. The second kappa shape index (κ2) is 5.86. The molecule has 0 aliphatic carbocycles. The number of hydrogen-bond donors (Lipinski definition) is 0. The summed E-state index contributed by atoms with van der Waals surface area (Å²) in [6.07, 6.45) is 5.49. The Morgan fingerprint density at radius 2 is 2.36 bits per heavy atom. The number of thiazole rings is 1. The highest BCUT2D eigenvalue weighted by molar-refractivity contribution is 7.13. The summed E-state index contributed by atoms with van der Waals surface area (Å²) in [5, 5.41) is 4.26. The summed E-state index contributed by atoms with van der Waals surface area (Å²) >= 11 is 1.67. The molecular weight excluding hydrogens is 292 g/mol. The van der Waals surface area contributed by atoms with E-state index in [1.807, 2.05) is 11.6 Å². The normalized spacial score (nSPS) is 19.2. The Kier molecular flexibility index (Phi) is 3.72. The van der Waals surface area contributed by atoms with Crippen molar-refractivity contribution in [2.24, 2.45) is 0 Å². The van der Waals surface area contributed by atoms with E-state index in [-0.39, 0.29) is 0 Å². The maximum Gasteiger partial charge on any atom is 0.134 e. The second-order valence-electron chi connectivity index (χ2n) is 6.04. The fraction of sp³-hybridized carbons (Fsp3) is 0.389. The van der Waals surface area contributed by atoms with E-state index in [0.717, 1.165) is 35.4 Å². The van der Waals surface area contributed by atoms with Crippen molar-refractivity contribution < 1.29 is 4.42 Å². The molecule has 1 aliphatic heterocycles. The minimum Gasteiger partial charge on any atom is -0.461 e. The molecule has 1 aromatic carbocycles. The predicted octanol–water partition coefficient (Wildman–Crippen LogP) is 4.58. The topological polar surface area (TPSA) is 29.3 Å². The fourth-order valence-electron chi connectivity index (χ4n) is 3.36. The van der Waals surface area contributed by atoms with Gasteiger partial charge in [0.1, 0.15) is 16.4 Å². The van der Waals surface area contributed by atoms with Gasteiger partial charge in [-0.3, -0.25) is 0 Å². The van der Waals surface area contributed by atoms with Crippen molar-refractivity contribution in [2.75, 3.05) is 13.1 Å². The number of aromatic nitrogens is 1. The molecule has 0 amide bonds. The van der Waals surface area contributed by atoms with Crippen LogP contribution in [0.4, 0.5) is 0 Å². The molecule has 0 N–H and O–H groups in total. The SMILES string of the molecule is C[C@@H]1CCCN1CCc1cc2c(-c3nccs3)cccc2o1. The number of likely N-dealkylation sites (tertiary alicyclic amines) is 1. The lowest BCUT2D eigenvalue weighted by molar-refractivity contribution is 0.266. The average molecular weight is 312 g/mol. The van der Waals surface area contributed by atoms with Gasteiger partial charge in [-0.05, 0) is 38.4 Å². The second-order valence-corrected chi connectivity index (χ2v) is 6.94. The van der Waals surface area contributed by atoms with Crippen molar-refractivity contribution in [1.82, 2.24) is 9.88 Å². The molecule has 22 heavy (non-hydrogen) atoms. The maximum atomic E-state index is 6.05. The molecule has 1 aliphatic rings. The van der Waals surface area contributed by atoms with E-state index < -0.39 is 0 Å². The Hall–Kier alpha value is -1.65. The molecule has 3 nitrogen and oxygen atoms in total. The minimum atomic E-state index is 0.718. The average Bonchev–Trinajstić information content (AvgIpc) is 3.25. The van der Waals surface area contributed by atoms with E-state index >= 15 is 0 Å². The lowest BCUT2D eigenvalue weighted by Gasteiger charge is -2.19. The van der Waals surface area contributed by atoms with Crippen molar-refractivity contribution in [1.29, 1.82) is 0 Å². The van der Waals surface area contributed by atoms with Crippen LogP contribution in [0.5, 0.6) is 0 Å². The molecule has 114 valence electrons. The van der Waals surface area contributed by atoms with Gasteiger partial charge in [-0.25, -0.2) is 4.98 Å². The molecular formula is C18H20N2OS. The highest BCUT2D eigenvalue weighted by atomic mass is 32.1. The number of hydrogen-bond acceptors (Lipinski definition) is 4. The van der Waals surface area contributed by atoms with Gasteiger partial charge in [-0.2, -0.15) is 0 Å². The van der Waals surface area contributed by atoms with Crippen molar-refractivity contribution in [3.63, 3.8) is 0 Å². The summed E-state index contributed by atoms with van der Waals surface area (Å²) in [5.41, 5.74) is 2.15. The van der Waals surface area contributed by atoms with Crippen LogP contribution in [0.2, 0.25) is 0 Å². The lowest BCUT2D eigenvalue weighted by atomic mass is 10.1. The Morgan fingerprint density at radius 1 is 1.41 bits per heavy atom. The first kappa shape index (κ1) is 14.0. The van der Waals surface area contributed by atoms with Crippen LogP contribution in [0.3, 0.4) is 0 Å². The Labute approximate surface area is 134 Å². The van der Waals surface area contributed by atoms with Gasteiger partial charge in [-0.15, -0.1) is 11.3 Å². The molecule has 1 fully saturated rings. The van der Waals surface area contributed by atoms with Crippen molar-refractivity contribution >= 4 is 22.3 Å². The number of rotatable bonds is 4. The Morgan fingerprint density at radius 3 is 3.14 bits per heavy atom. The molecule has 3 heterocycles. The van der Waals surface area contributed by atoms with Crippen molar-refractivity contribution in [3.8, 4) is 10.6 Å². The molecule has 0 bridgehead atoms. The highest BCUT2D eigenvalue weighted by Gasteiger charge is 2.20. The maximum absolute atomic E-state index is 6.05. The van der Waals surface area contributed by atoms with Crippen LogP contribution >= 0.6 is 11.3 Å². The third-order valence-corrected chi connectivity index (χ3v) is 5.42. The van der Waals surface area contributed by atoms with Crippen LogP contribution in [0, 0.1) is 0 Å². The van der Waals surface area contributed by atoms with Gasteiger partial charge < -0.3 is 9.32 Å². The molecule has 2 aromatic heterocycles. The summed E-state index contributed by atoms with van der Waals surface area (Å²) in [4.78, 5) is 7.00. The zero-order valence-corrected chi connectivity index (χ0v) is 13.6. The number of nitrogens with zero attached hydrogens (tertiary/aromatic N) is 2. The smallest absolute Gasteiger partial charge is 0.134 e. The minimum absolute atomic E-state index is 0.718. The largest absolute Gasteiger partial charge is 0.461 e. The highest BCUT2D eigenvalue weighted by Crippen LogP contribution is 2.32. The van der Waals surface area contributed by atoms with Gasteiger partial charge in [0.2, 0.25) is 0 Å². The van der Waals surface area contributed by atoms with E-state index in [2.05, 4.69) is 41.1 Å². The van der Waals surface area contributed by atoms with Crippen molar-refractivity contribution in [2.45, 2.75) is 32.2 Å². The molecule has 1 saturated heterocycles. The van der Waals surface area contributed by atoms with E-state index in [1.54, 1.807) is 11.3 Å². The summed E-state index contributed by atoms with van der Waals surface area (Å²) in [7, 11) is 0. The molecule has 4 heteroatoms. The predicted molar refractivity (Wildman–Crippen MR) is 91.3 cm³/mol. The third kappa shape index (κ3) is 2.57. The van der Waals surface area contributed by atoms with Gasteiger partial charge in [0.15, 0.2) is 0 Å². The summed E-state index contributed by atoms with van der Waals surface area (Å²) in [5.74, 6) is 1.08. The van der Waals surface area contributed by atoms with E-state index in [9.17, 15) is 0 Å². The molecule has 1 atom stereocenters. The van der Waals surface area contributed by atoms with E-state index in [0.29, 0.717) is 0 Å². The molecule has 0 spiro atoms. The molecule has 3 aromatic rings. The van der Waals surface area contributed by atoms with Gasteiger partial charge in [0.05, 0.1) is 0 Å². The first-order chi connectivity index (χ1) is 10.8. The Balaban J connectivity index is 1.59. The van der Waals surface area contributed by atoms with Crippen LogP contribution in [0.1, 0.15) is 25.5 Å². The first-order valence-electron chi connectivity index (χ1n) is 7.96. The Bertz CT molecular complexity index is 763. The van der Waals surface area contributed by atoms with Gasteiger partial charge >= 0.3 is 0 Å².